The van der Waals surface area contributed by atoms with Gasteiger partial charge in [-0.05, 0) is 34.8 Å². The van der Waals surface area contributed by atoms with Crippen molar-refractivity contribution in [1.82, 2.24) is 14.6 Å². The van der Waals surface area contributed by atoms with Crippen LogP contribution in [-0.2, 0) is 0 Å². The predicted molar refractivity (Wildman–Crippen MR) is 69.7 cm³/mol. The summed E-state index contributed by atoms with van der Waals surface area (Å²) in [6, 6.07) is 1.93. The molecule has 3 rings (SSSR count). The molecule has 0 saturated heterocycles. The van der Waals surface area contributed by atoms with Crippen molar-refractivity contribution in [3.05, 3.63) is 28.8 Å². The fraction of sp³-hybridized carbons (Fsp3) is 0.273. The van der Waals surface area contributed by atoms with E-state index in [1.165, 1.54) is 4.68 Å². The van der Waals surface area contributed by atoms with Gasteiger partial charge in [-0.3, -0.25) is 4.98 Å². The molecule has 2 aromatic rings. The van der Waals surface area contributed by atoms with Gasteiger partial charge in [0.2, 0.25) is 0 Å². The Morgan fingerprint density at radius 2 is 2.12 bits per heavy atom. The molecule has 0 atom stereocenters. The van der Waals surface area contributed by atoms with Crippen LogP contribution in [0.25, 0.3) is 11.3 Å². The van der Waals surface area contributed by atoms with E-state index in [-0.39, 0.29) is 0 Å². The smallest absolute Gasteiger partial charge is 0.150 e. The van der Waals surface area contributed by atoms with Crippen molar-refractivity contribution in [1.29, 1.82) is 0 Å². The number of aromatic nitrogens is 3. The van der Waals surface area contributed by atoms with Gasteiger partial charge >= 0.3 is 0 Å². The van der Waals surface area contributed by atoms with E-state index in [1.807, 2.05) is 6.07 Å². The number of hydrogen-bond acceptors (Lipinski definition) is 4. The van der Waals surface area contributed by atoms with Crippen LogP contribution in [0.2, 0.25) is 0 Å². The zero-order valence-corrected chi connectivity index (χ0v) is 10.7. The number of anilines is 1. The molecule has 2 heterocycles. The van der Waals surface area contributed by atoms with E-state index in [4.69, 9.17) is 11.6 Å². The van der Waals surface area contributed by atoms with Crippen molar-refractivity contribution < 1.29 is 0 Å². The zero-order chi connectivity index (χ0) is 12.0. The van der Waals surface area contributed by atoms with Crippen LogP contribution in [0, 0.1) is 0 Å². The topological polar surface area (TPSA) is 82.8 Å². The van der Waals surface area contributed by atoms with E-state index in [1.54, 1.807) is 12.4 Å². The molecule has 0 unspecified atom stereocenters. The minimum atomic E-state index is 0.469. The van der Waals surface area contributed by atoms with Crippen molar-refractivity contribution in [3.8, 4) is 11.3 Å². The fourth-order valence-electron chi connectivity index (χ4n) is 1.85. The van der Waals surface area contributed by atoms with E-state index >= 15 is 0 Å². The number of imidazole rings is 1. The number of nitrogens with zero attached hydrogens (tertiary/aromatic N) is 3. The third-order valence-electron chi connectivity index (χ3n) is 2.90. The van der Waals surface area contributed by atoms with Gasteiger partial charge in [-0.25, -0.2) is 9.66 Å². The second-order valence-corrected chi connectivity index (χ2v) is 5.16. The average Bonchev–Trinajstić information content (AvgIpc) is 3.09. The summed E-state index contributed by atoms with van der Waals surface area (Å²) in [5.41, 5.74) is 7.57. The number of nitrogens with two attached hydrogens (primary N) is 2. The van der Waals surface area contributed by atoms with Crippen LogP contribution in [0.3, 0.4) is 0 Å². The first-order valence-electron chi connectivity index (χ1n) is 5.41. The molecule has 4 N–H and O–H groups in total. The molecule has 0 amide bonds. The lowest BCUT2D eigenvalue weighted by Gasteiger charge is -2.00. The largest absolute Gasteiger partial charge is 0.382 e. The highest BCUT2D eigenvalue weighted by molar-refractivity contribution is 9.10. The highest BCUT2D eigenvalue weighted by Gasteiger charge is 2.30. The fourth-order valence-corrected chi connectivity index (χ4v) is 2.21. The Balaban J connectivity index is 2.11. The molecule has 1 fully saturated rings. The van der Waals surface area contributed by atoms with Gasteiger partial charge in [-0.15, -0.1) is 0 Å². The summed E-state index contributed by atoms with van der Waals surface area (Å²) in [5, 5.41) is 0. The molecule has 1 saturated carbocycles. The summed E-state index contributed by atoms with van der Waals surface area (Å²) in [5.74, 6) is 7.75. The van der Waals surface area contributed by atoms with Crippen LogP contribution in [0.4, 0.5) is 5.82 Å². The minimum absolute atomic E-state index is 0.469. The Hall–Kier alpha value is -1.56. The first-order chi connectivity index (χ1) is 8.16. The van der Waals surface area contributed by atoms with Crippen molar-refractivity contribution in [2.24, 2.45) is 0 Å². The van der Waals surface area contributed by atoms with Crippen molar-refractivity contribution in [2.45, 2.75) is 18.8 Å². The quantitative estimate of drug-likeness (QED) is 0.828. The van der Waals surface area contributed by atoms with Crippen LogP contribution < -0.4 is 11.6 Å². The summed E-state index contributed by atoms with van der Waals surface area (Å²) in [7, 11) is 0. The van der Waals surface area contributed by atoms with Gasteiger partial charge in [-0.2, -0.15) is 0 Å². The summed E-state index contributed by atoms with van der Waals surface area (Å²) in [6.45, 7) is 0. The van der Waals surface area contributed by atoms with Crippen molar-refractivity contribution >= 4 is 21.7 Å². The van der Waals surface area contributed by atoms with Crippen LogP contribution in [0.5, 0.6) is 0 Å². The van der Waals surface area contributed by atoms with Gasteiger partial charge in [-0.1, -0.05) is 0 Å². The maximum atomic E-state index is 5.98. The molecule has 0 aromatic carbocycles. The second kappa shape index (κ2) is 3.73. The molecular weight excluding hydrogens is 282 g/mol. The summed E-state index contributed by atoms with van der Waals surface area (Å²) >= 11 is 3.38. The van der Waals surface area contributed by atoms with E-state index in [0.717, 1.165) is 28.7 Å². The summed E-state index contributed by atoms with van der Waals surface area (Å²) < 4.78 is 2.39. The number of pyridine rings is 1. The van der Waals surface area contributed by atoms with Gasteiger partial charge < -0.3 is 11.6 Å². The highest BCUT2D eigenvalue weighted by Crippen LogP contribution is 2.41. The first-order valence-corrected chi connectivity index (χ1v) is 6.20. The number of rotatable bonds is 2. The van der Waals surface area contributed by atoms with E-state index in [2.05, 4.69) is 25.9 Å². The van der Waals surface area contributed by atoms with Crippen LogP contribution >= 0.6 is 15.9 Å². The molecule has 2 aromatic heterocycles. The molecule has 0 radical (unpaired) electrons. The molecule has 6 heteroatoms. The lowest BCUT2D eigenvalue weighted by Crippen LogP contribution is -2.14. The zero-order valence-electron chi connectivity index (χ0n) is 9.10. The van der Waals surface area contributed by atoms with Crippen LogP contribution in [0.15, 0.2) is 22.9 Å². The summed E-state index contributed by atoms with van der Waals surface area (Å²) in [4.78, 5) is 8.64. The maximum Gasteiger partial charge on any atom is 0.150 e. The van der Waals surface area contributed by atoms with Crippen LogP contribution in [-0.4, -0.2) is 14.6 Å². The van der Waals surface area contributed by atoms with Gasteiger partial charge in [0.1, 0.15) is 11.5 Å². The Morgan fingerprint density at radius 1 is 1.35 bits per heavy atom. The Bertz CT molecular complexity index is 573. The summed E-state index contributed by atoms with van der Waals surface area (Å²) in [6.07, 6.45) is 5.74. The molecular formula is C11H12BrN5. The predicted octanol–water partition coefficient (Wildman–Crippen LogP) is 1.88. The number of nitrogen functional groups attached to an aromatic ring is 2. The van der Waals surface area contributed by atoms with Crippen molar-refractivity contribution in [2.75, 3.05) is 11.6 Å². The molecule has 0 spiro atoms. The lowest BCUT2D eigenvalue weighted by molar-refractivity contribution is 0.855. The lowest BCUT2D eigenvalue weighted by atomic mass is 10.2. The van der Waals surface area contributed by atoms with E-state index in [0.29, 0.717) is 17.4 Å². The third-order valence-corrected chi connectivity index (χ3v) is 3.33. The molecule has 1 aliphatic rings. The normalized spacial score (nSPS) is 15.1. The number of hydrogen-bond donors (Lipinski definition) is 2. The SMILES string of the molecule is Nc1c(-c2cncc(Br)c2)nc(C2CC2)n1N. The van der Waals surface area contributed by atoms with Gasteiger partial charge in [0.25, 0.3) is 0 Å². The second-order valence-electron chi connectivity index (χ2n) is 4.24. The minimum Gasteiger partial charge on any atom is -0.382 e. The third kappa shape index (κ3) is 1.78. The Morgan fingerprint density at radius 3 is 2.76 bits per heavy atom. The first kappa shape index (κ1) is 10.6. The molecule has 5 nitrogen and oxygen atoms in total. The van der Waals surface area contributed by atoms with Gasteiger partial charge in [0.15, 0.2) is 5.82 Å². The number of halogens is 1. The van der Waals surface area contributed by atoms with E-state index < -0.39 is 0 Å². The molecule has 1 aliphatic carbocycles. The molecule has 0 bridgehead atoms. The maximum absolute atomic E-state index is 5.98. The highest BCUT2D eigenvalue weighted by atomic mass is 79.9. The average molecular weight is 294 g/mol. The Labute approximate surface area is 107 Å². The van der Waals surface area contributed by atoms with Crippen LogP contribution in [0.1, 0.15) is 24.6 Å². The standard InChI is InChI=1S/C11H12BrN5/c12-8-3-7(4-15-5-8)9-10(13)17(14)11(16-9)6-1-2-6/h3-6H,1-2,13-14H2. The Kier molecular flexibility index (Phi) is 2.32. The molecule has 17 heavy (non-hydrogen) atoms. The van der Waals surface area contributed by atoms with E-state index in [9.17, 15) is 0 Å². The van der Waals surface area contributed by atoms with Gasteiger partial charge in [0, 0.05) is 28.3 Å². The molecule has 88 valence electrons. The van der Waals surface area contributed by atoms with Gasteiger partial charge in [0.05, 0.1) is 0 Å². The molecule has 0 aliphatic heterocycles. The monoisotopic (exact) mass is 293 g/mol. The van der Waals surface area contributed by atoms with Crippen molar-refractivity contribution in [3.63, 3.8) is 0 Å².